The first-order valence-corrected chi connectivity index (χ1v) is 3.99. The summed E-state index contributed by atoms with van der Waals surface area (Å²) in [5.41, 5.74) is 0.0118. The van der Waals surface area contributed by atoms with E-state index in [2.05, 4.69) is 4.74 Å². The summed E-state index contributed by atoms with van der Waals surface area (Å²) in [6.07, 6.45) is 0. The van der Waals surface area contributed by atoms with Gasteiger partial charge in [0.25, 0.3) is 0 Å². The number of rotatable bonds is 1. The van der Waals surface area contributed by atoms with Gasteiger partial charge in [-0.2, -0.15) is 5.26 Å². The topological polar surface area (TPSA) is 70.3 Å². The van der Waals surface area contributed by atoms with Gasteiger partial charge < -0.3 is 9.84 Å². The fraction of sp³-hybridized carbons (Fsp3) is 0.111. The number of phenolic OH excluding ortho intramolecular Hbond substituents is 1. The molecule has 0 unspecified atom stereocenters. The quantitative estimate of drug-likeness (QED) is 0.718. The first kappa shape index (κ1) is 10.4. The first-order chi connectivity index (χ1) is 6.60. The van der Waals surface area contributed by atoms with Gasteiger partial charge in [-0.05, 0) is 12.1 Å². The third-order valence-corrected chi connectivity index (χ3v) is 1.99. The van der Waals surface area contributed by atoms with Crippen LogP contribution < -0.4 is 0 Å². The molecule has 0 fully saturated rings. The lowest BCUT2D eigenvalue weighted by Crippen LogP contribution is -2.02. The number of benzene rings is 1. The summed E-state index contributed by atoms with van der Waals surface area (Å²) in [6.45, 7) is 0. The molecule has 0 aliphatic carbocycles. The number of nitriles is 1. The predicted molar refractivity (Wildman–Crippen MR) is 49.2 cm³/mol. The van der Waals surface area contributed by atoms with Gasteiger partial charge in [0.15, 0.2) is 0 Å². The van der Waals surface area contributed by atoms with E-state index in [9.17, 15) is 9.90 Å². The van der Waals surface area contributed by atoms with Crippen molar-refractivity contribution in [2.24, 2.45) is 0 Å². The summed E-state index contributed by atoms with van der Waals surface area (Å²) >= 11 is 5.72. The Bertz CT molecular complexity index is 423. The Kier molecular flexibility index (Phi) is 2.95. The third-order valence-electron chi connectivity index (χ3n) is 1.58. The van der Waals surface area contributed by atoms with Gasteiger partial charge in [0.2, 0.25) is 0 Å². The van der Waals surface area contributed by atoms with Gasteiger partial charge in [-0.15, -0.1) is 0 Å². The lowest BCUT2D eigenvalue weighted by atomic mass is 10.1. The molecular formula is C9H6ClNO3. The smallest absolute Gasteiger partial charge is 0.339 e. The van der Waals surface area contributed by atoms with Crippen LogP contribution in [-0.2, 0) is 4.74 Å². The molecule has 0 saturated heterocycles. The first-order valence-electron chi connectivity index (χ1n) is 3.61. The highest BCUT2D eigenvalue weighted by atomic mass is 35.5. The summed E-state index contributed by atoms with van der Waals surface area (Å²) in [6, 6.07) is 4.08. The number of ether oxygens (including phenoxy) is 1. The molecule has 0 spiro atoms. The van der Waals surface area contributed by atoms with Gasteiger partial charge in [-0.1, -0.05) is 11.6 Å². The lowest BCUT2D eigenvalue weighted by molar-refractivity contribution is 0.0600. The van der Waals surface area contributed by atoms with Crippen molar-refractivity contribution in [2.45, 2.75) is 0 Å². The minimum absolute atomic E-state index is 0.0165. The molecule has 0 saturated carbocycles. The highest BCUT2D eigenvalue weighted by molar-refractivity contribution is 6.34. The number of hydrogen-bond acceptors (Lipinski definition) is 4. The minimum atomic E-state index is -0.692. The van der Waals surface area contributed by atoms with Crippen LogP contribution in [0.15, 0.2) is 12.1 Å². The van der Waals surface area contributed by atoms with Crippen molar-refractivity contribution in [3.63, 3.8) is 0 Å². The fourth-order valence-corrected chi connectivity index (χ4v) is 1.18. The molecule has 0 aliphatic rings. The van der Waals surface area contributed by atoms with Crippen molar-refractivity contribution in [3.8, 4) is 11.8 Å². The number of nitrogens with zero attached hydrogens (tertiary/aromatic N) is 1. The molecule has 0 aromatic heterocycles. The van der Waals surface area contributed by atoms with Crippen LogP contribution in [0.1, 0.15) is 15.9 Å². The molecule has 14 heavy (non-hydrogen) atoms. The van der Waals surface area contributed by atoms with Gasteiger partial charge in [0, 0.05) is 0 Å². The second-order valence-electron chi connectivity index (χ2n) is 2.46. The van der Waals surface area contributed by atoms with Crippen LogP contribution in [0.5, 0.6) is 5.75 Å². The van der Waals surface area contributed by atoms with E-state index in [-0.39, 0.29) is 21.9 Å². The van der Waals surface area contributed by atoms with E-state index >= 15 is 0 Å². The Morgan fingerprint density at radius 3 is 2.79 bits per heavy atom. The molecule has 0 atom stereocenters. The Morgan fingerprint density at radius 1 is 1.64 bits per heavy atom. The van der Waals surface area contributed by atoms with E-state index in [1.807, 2.05) is 0 Å². The van der Waals surface area contributed by atoms with Crippen LogP contribution >= 0.6 is 11.6 Å². The predicted octanol–water partition coefficient (Wildman–Crippen LogP) is 1.70. The molecule has 1 N–H and O–H groups in total. The molecule has 1 aromatic carbocycles. The lowest BCUT2D eigenvalue weighted by Gasteiger charge is -2.04. The SMILES string of the molecule is COC(=O)c1cc(O)cc(C#N)c1Cl. The molecule has 5 heteroatoms. The van der Waals surface area contributed by atoms with Crippen molar-refractivity contribution in [3.05, 3.63) is 28.3 Å². The van der Waals surface area contributed by atoms with E-state index < -0.39 is 5.97 Å². The summed E-state index contributed by atoms with van der Waals surface area (Å²) < 4.78 is 4.43. The van der Waals surface area contributed by atoms with Crippen LogP contribution in [-0.4, -0.2) is 18.2 Å². The summed E-state index contributed by atoms with van der Waals surface area (Å²) in [5, 5.41) is 17.8. The van der Waals surface area contributed by atoms with Crippen molar-refractivity contribution < 1.29 is 14.6 Å². The van der Waals surface area contributed by atoms with Crippen LogP contribution in [0.3, 0.4) is 0 Å². The van der Waals surface area contributed by atoms with Crippen molar-refractivity contribution >= 4 is 17.6 Å². The van der Waals surface area contributed by atoms with Crippen molar-refractivity contribution in [1.82, 2.24) is 0 Å². The van der Waals surface area contributed by atoms with Crippen molar-refractivity contribution in [1.29, 1.82) is 5.26 Å². The number of halogens is 1. The Morgan fingerprint density at radius 2 is 2.29 bits per heavy atom. The number of methoxy groups -OCH3 is 1. The van der Waals surface area contributed by atoms with Crippen LogP contribution in [0.4, 0.5) is 0 Å². The molecular weight excluding hydrogens is 206 g/mol. The van der Waals surface area contributed by atoms with E-state index in [0.717, 1.165) is 6.07 Å². The van der Waals surface area contributed by atoms with Crippen LogP contribution in [0.2, 0.25) is 5.02 Å². The average Bonchev–Trinajstić information content (AvgIpc) is 2.19. The third kappa shape index (κ3) is 1.78. The maximum Gasteiger partial charge on any atom is 0.339 e. The van der Waals surface area contributed by atoms with Crippen LogP contribution in [0.25, 0.3) is 0 Å². The number of esters is 1. The normalized spacial score (nSPS) is 9.21. The van der Waals surface area contributed by atoms with E-state index in [4.69, 9.17) is 16.9 Å². The molecule has 0 heterocycles. The largest absolute Gasteiger partial charge is 0.508 e. The number of phenols is 1. The molecule has 4 nitrogen and oxygen atoms in total. The van der Waals surface area contributed by atoms with E-state index in [1.54, 1.807) is 6.07 Å². The molecule has 0 radical (unpaired) electrons. The minimum Gasteiger partial charge on any atom is -0.508 e. The second-order valence-corrected chi connectivity index (χ2v) is 2.84. The zero-order valence-corrected chi connectivity index (χ0v) is 8.00. The molecule has 0 bridgehead atoms. The number of aromatic hydroxyl groups is 1. The number of hydrogen-bond donors (Lipinski definition) is 1. The Hall–Kier alpha value is -1.73. The average molecular weight is 212 g/mol. The molecule has 72 valence electrons. The Labute approximate surface area is 85.3 Å². The Balaban J connectivity index is 3.38. The van der Waals surface area contributed by atoms with Gasteiger partial charge in [0.05, 0.1) is 23.3 Å². The highest BCUT2D eigenvalue weighted by Crippen LogP contribution is 2.26. The maximum atomic E-state index is 11.1. The molecule has 1 aromatic rings. The van der Waals surface area contributed by atoms with Crippen LogP contribution in [0, 0.1) is 11.3 Å². The van der Waals surface area contributed by atoms with Gasteiger partial charge in [-0.3, -0.25) is 0 Å². The summed E-state index contributed by atoms with van der Waals surface area (Å²) in [7, 11) is 1.19. The monoisotopic (exact) mass is 211 g/mol. The van der Waals surface area contributed by atoms with Gasteiger partial charge in [0.1, 0.15) is 11.8 Å². The van der Waals surface area contributed by atoms with Gasteiger partial charge in [-0.25, -0.2) is 4.79 Å². The zero-order chi connectivity index (χ0) is 10.7. The number of carbonyl (C=O) groups is 1. The standard InChI is InChI=1S/C9H6ClNO3/c1-14-9(13)7-3-6(12)2-5(4-11)8(7)10/h2-3,12H,1H3. The van der Waals surface area contributed by atoms with E-state index in [1.165, 1.54) is 13.2 Å². The molecule has 0 amide bonds. The number of carbonyl (C=O) groups excluding carboxylic acids is 1. The fourth-order valence-electron chi connectivity index (χ4n) is 0.949. The second kappa shape index (κ2) is 3.99. The van der Waals surface area contributed by atoms with Crippen molar-refractivity contribution in [2.75, 3.05) is 7.11 Å². The maximum absolute atomic E-state index is 11.1. The molecule has 0 aliphatic heterocycles. The van der Waals surface area contributed by atoms with Gasteiger partial charge >= 0.3 is 5.97 Å². The summed E-state index contributed by atoms with van der Waals surface area (Å²) in [5.74, 6) is -0.895. The van der Waals surface area contributed by atoms with E-state index in [0.29, 0.717) is 0 Å². The molecule has 1 rings (SSSR count). The highest BCUT2D eigenvalue weighted by Gasteiger charge is 2.15. The summed E-state index contributed by atoms with van der Waals surface area (Å²) in [4.78, 5) is 11.1. The zero-order valence-electron chi connectivity index (χ0n) is 7.24.